The summed E-state index contributed by atoms with van der Waals surface area (Å²) < 4.78 is 99.0. The van der Waals surface area contributed by atoms with Crippen LogP contribution in [0.15, 0.2) is 42.5 Å². The third-order valence-electron chi connectivity index (χ3n) is 8.19. The summed E-state index contributed by atoms with van der Waals surface area (Å²) in [6.07, 6.45) is 1.32. The first-order valence-electron chi connectivity index (χ1n) is 14.5. The van der Waals surface area contributed by atoms with Crippen molar-refractivity contribution in [1.29, 1.82) is 0 Å². The van der Waals surface area contributed by atoms with Crippen molar-refractivity contribution in [1.82, 2.24) is 4.72 Å². The van der Waals surface area contributed by atoms with Gasteiger partial charge in [-0.15, -0.1) is 0 Å². The molecule has 2 saturated carbocycles. The van der Waals surface area contributed by atoms with Gasteiger partial charge in [-0.2, -0.15) is 26.3 Å². The predicted octanol–water partition coefficient (Wildman–Crippen LogP) is 9.64. The van der Waals surface area contributed by atoms with E-state index in [1.807, 2.05) is 12.1 Å². The van der Waals surface area contributed by atoms with E-state index in [1.165, 1.54) is 12.8 Å². The van der Waals surface area contributed by atoms with Gasteiger partial charge in [0.05, 0.1) is 32.9 Å². The summed E-state index contributed by atoms with van der Waals surface area (Å²) >= 11 is 0. The Labute approximate surface area is 243 Å². The van der Waals surface area contributed by atoms with Gasteiger partial charge >= 0.3 is 12.4 Å². The number of nitrogens with one attached hydrogen (secondary N) is 1. The zero-order valence-corrected chi connectivity index (χ0v) is 25.6. The first-order valence-corrected chi connectivity index (χ1v) is 17.1. The first-order chi connectivity index (χ1) is 19.2. The SMILES string of the molecule is CC(C)(C)S(=O)N[C@H](c1cc(C(F)(F)F)cc(C(F)(F)F)c1)c1ccccc1P(C1CCCCC1)C1CCCCC1. The van der Waals surface area contributed by atoms with Gasteiger partial charge < -0.3 is 0 Å². The second-order valence-corrected chi connectivity index (χ2v) is 17.1. The van der Waals surface area contributed by atoms with Gasteiger partial charge in [-0.05, 0) is 92.4 Å². The summed E-state index contributed by atoms with van der Waals surface area (Å²) in [5.74, 6) is 0. The Hall–Kier alpha value is -1.44. The lowest BCUT2D eigenvalue weighted by molar-refractivity contribution is -0.143. The van der Waals surface area contributed by atoms with E-state index in [9.17, 15) is 30.6 Å². The van der Waals surface area contributed by atoms with Gasteiger partial charge in [0.15, 0.2) is 0 Å². The van der Waals surface area contributed by atoms with E-state index < -0.39 is 53.2 Å². The van der Waals surface area contributed by atoms with Crippen molar-refractivity contribution in [3.8, 4) is 0 Å². The summed E-state index contributed by atoms with van der Waals surface area (Å²) in [4.78, 5) is 0. The van der Waals surface area contributed by atoms with Crippen LogP contribution in [0.1, 0.15) is 113 Å². The Balaban J connectivity index is 1.92. The number of alkyl halides is 6. The molecule has 2 nitrogen and oxygen atoms in total. The van der Waals surface area contributed by atoms with Gasteiger partial charge in [0.1, 0.15) is 0 Å². The van der Waals surface area contributed by atoms with Crippen LogP contribution in [-0.4, -0.2) is 20.3 Å². The molecule has 2 aliphatic rings. The monoisotopic (exact) mass is 619 g/mol. The van der Waals surface area contributed by atoms with Crippen molar-refractivity contribution in [2.75, 3.05) is 0 Å². The normalized spacial score (nSPS) is 19.9. The molecule has 0 heterocycles. The molecule has 4 rings (SSSR count). The average Bonchev–Trinajstić information content (AvgIpc) is 2.91. The zero-order valence-electron chi connectivity index (χ0n) is 23.9. The van der Waals surface area contributed by atoms with Crippen LogP contribution in [0, 0.1) is 0 Å². The highest BCUT2D eigenvalue weighted by atomic mass is 32.2. The van der Waals surface area contributed by atoms with Gasteiger partial charge in [0, 0.05) is 0 Å². The van der Waals surface area contributed by atoms with E-state index in [1.54, 1.807) is 32.9 Å². The molecule has 2 aromatic carbocycles. The number of hydrogen-bond acceptors (Lipinski definition) is 1. The second kappa shape index (κ2) is 13.1. The van der Waals surface area contributed by atoms with Crippen LogP contribution in [0.3, 0.4) is 0 Å². The minimum absolute atomic E-state index is 0.157. The zero-order chi connectivity index (χ0) is 30.0. The smallest absolute Gasteiger partial charge is 0.242 e. The standard InChI is InChI=1S/C31H40F6NOPS/c1-29(2,3)41(39)38-28(21-18-22(30(32,33)34)20-23(19-21)31(35,36)37)26-16-10-11-17-27(26)40(24-12-6-4-7-13-24)25-14-8-5-9-15-25/h10-11,16-20,24-25,28,38H,4-9,12-15H2,1-3H3/t28-,41?/m1/s1. The third-order valence-corrected chi connectivity index (χ3v) is 13.3. The number of benzene rings is 2. The molecule has 0 radical (unpaired) electrons. The third kappa shape index (κ3) is 8.14. The average molecular weight is 620 g/mol. The molecule has 1 unspecified atom stereocenters. The molecule has 0 aromatic heterocycles. The lowest BCUT2D eigenvalue weighted by atomic mass is 9.95. The largest absolute Gasteiger partial charge is 0.416 e. The molecule has 10 heteroatoms. The maximum atomic E-state index is 13.9. The molecule has 2 atom stereocenters. The molecule has 0 bridgehead atoms. The van der Waals surface area contributed by atoms with Crippen LogP contribution >= 0.6 is 7.92 Å². The van der Waals surface area contributed by atoms with Gasteiger partial charge in [-0.3, -0.25) is 0 Å². The van der Waals surface area contributed by atoms with Crippen LogP contribution in [0.25, 0.3) is 0 Å². The summed E-state index contributed by atoms with van der Waals surface area (Å²) in [5, 5.41) is 1.02. The Morgan fingerprint density at radius 3 is 1.66 bits per heavy atom. The predicted molar refractivity (Wildman–Crippen MR) is 156 cm³/mol. The highest BCUT2D eigenvalue weighted by Gasteiger charge is 2.40. The summed E-state index contributed by atoms with van der Waals surface area (Å²) in [6.45, 7) is 5.18. The molecule has 41 heavy (non-hydrogen) atoms. The van der Waals surface area contributed by atoms with Crippen LogP contribution in [0.2, 0.25) is 0 Å². The van der Waals surface area contributed by atoms with Crippen molar-refractivity contribution in [2.24, 2.45) is 0 Å². The molecule has 1 N–H and O–H groups in total. The molecule has 0 amide bonds. The van der Waals surface area contributed by atoms with E-state index >= 15 is 0 Å². The van der Waals surface area contributed by atoms with E-state index in [0.29, 0.717) is 16.9 Å². The molecule has 0 aliphatic heterocycles. The minimum atomic E-state index is -4.97. The van der Waals surface area contributed by atoms with Crippen molar-refractivity contribution in [3.05, 3.63) is 64.7 Å². The molecular weight excluding hydrogens is 579 g/mol. The maximum absolute atomic E-state index is 13.9. The first kappa shape index (κ1) is 32.5. The fourth-order valence-corrected chi connectivity index (χ4v) is 10.9. The molecule has 0 saturated heterocycles. The molecular formula is C31H40F6NOPS. The topological polar surface area (TPSA) is 29.1 Å². The molecule has 0 spiro atoms. The van der Waals surface area contributed by atoms with E-state index in [-0.39, 0.29) is 11.6 Å². The second-order valence-electron chi connectivity index (χ2n) is 12.3. The minimum Gasteiger partial charge on any atom is -0.242 e. The van der Waals surface area contributed by atoms with E-state index in [4.69, 9.17) is 0 Å². The summed E-state index contributed by atoms with van der Waals surface area (Å²) in [6, 6.07) is 8.15. The quantitative estimate of drug-likeness (QED) is 0.243. The van der Waals surface area contributed by atoms with Gasteiger partial charge in [-0.1, -0.05) is 70.7 Å². The Bertz CT molecular complexity index is 1150. The van der Waals surface area contributed by atoms with Crippen molar-refractivity contribution in [2.45, 2.75) is 119 Å². The van der Waals surface area contributed by atoms with Crippen molar-refractivity contribution < 1.29 is 30.6 Å². The molecule has 2 aromatic rings. The Morgan fingerprint density at radius 1 is 0.756 bits per heavy atom. The van der Waals surface area contributed by atoms with Crippen LogP contribution in [-0.2, 0) is 23.3 Å². The van der Waals surface area contributed by atoms with Gasteiger partial charge in [0.2, 0.25) is 0 Å². The van der Waals surface area contributed by atoms with E-state index in [2.05, 4.69) is 4.72 Å². The fourth-order valence-electron chi connectivity index (χ4n) is 6.12. The van der Waals surface area contributed by atoms with E-state index in [0.717, 1.165) is 68.8 Å². The lowest BCUT2D eigenvalue weighted by Gasteiger charge is -2.40. The van der Waals surface area contributed by atoms with Crippen LogP contribution in [0.4, 0.5) is 26.3 Å². The lowest BCUT2D eigenvalue weighted by Crippen LogP contribution is -2.38. The van der Waals surface area contributed by atoms with Crippen molar-refractivity contribution >= 4 is 24.2 Å². The molecule has 228 valence electrons. The Kier molecular flexibility index (Phi) is 10.3. The van der Waals surface area contributed by atoms with Crippen molar-refractivity contribution in [3.63, 3.8) is 0 Å². The summed E-state index contributed by atoms with van der Waals surface area (Å²) in [5.41, 5.74) is -1.35. The van der Waals surface area contributed by atoms with Crippen LogP contribution < -0.4 is 10.0 Å². The summed E-state index contributed by atoms with van der Waals surface area (Å²) in [7, 11) is -2.49. The highest BCUT2D eigenvalue weighted by Crippen LogP contribution is 2.56. The number of halogens is 6. The van der Waals surface area contributed by atoms with Crippen LogP contribution in [0.5, 0.6) is 0 Å². The number of hydrogen-bond donors (Lipinski definition) is 1. The van der Waals surface area contributed by atoms with Gasteiger partial charge in [0.25, 0.3) is 0 Å². The van der Waals surface area contributed by atoms with Gasteiger partial charge in [-0.25, -0.2) is 8.93 Å². The fraction of sp³-hybridized carbons (Fsp3) is 0.613. The number of rotatable bonds is 7. The maximum Gasteiger partial charge on any atom is 0.416 e. The Morgan fingerprint density at radius 2 is 1.22 bits per heavy atom. The molecule has 2 aliphatic carbocycles. The molecule has 2 fully saturated rings. The highest BCUT2D eigenvalue weighted by molar-refractivity contribution is 7.84.